The van der Waals surface area contributed by atoms with Crippen LogP contribution < -0.4 is 5.73 Å². The van der Waals surface area contributed by atoms with Gasteiger partial charge in [-0.15, -0.1) is 0 Å². The Kier molecular flexibility index (Phi) is 7.04. The largest absolute Gasteiger partial charge is 0.464 e. The van der Waals surface area contributed by atoms with Crippen molar-refractivity contribution < 1.29 is 30.0 Å². The molecule has 7 heteroatoms. The smallest absolute Gasteiger partial charge is 0.331 e. The van der Waals surface area contributed by atoms with Crippen LogP contribution in [0.1, 0.15) is 13.8 Å². The molecule has 0 aromatic carbocycles. The van der Waals surface area contributed by atoms with Crippen molar-refractivity contribution in [2.24, 2.45) is 5.73 Å². The van der Waals surface area contributed by atoms with E-state index in [9.17, 15) is 20.1 Å². The van der Waals surface area contributed by atoms with Gasteiger partial charge in [-0.1, -0.05) is 12.2 Å². The van der Waals surface area contributed by atoms with Crippen molar-refractivity contribution in [3.8, 4) is 0 Å². The van der Waals surface area contributed by atoms with Crippen molar-refractivity contribution in [3.05, 3.63) is 12.2 Å². The molecule has 0 spiro atoms. The molecule has 6 N–H and O–H groups in total. The molecule has 0 radical (unpaired) electrons. The third-order valence-corrected chi connectivity index (χ3v) is 2.51. The fourth-order valence-electron chi connectivity index (χ4n) is 1.35. The second kappa shape index (κ2) is 7.45. The van der Waals surface area contributed by atoms with Crippen LogP contribution in [0.3, 0.4) is 0 Å². The fraction of sp³-hybridized carbons (Fsp3) is 0.727. The summed E-state index contributed by atoms with van der Waals surface area (Å²) in [6, 6.07) is 0. The highest BCUT2D eigenvalue weighted by molar-refractivity contribution is 5.81. The van der Waals surface area contributed by atoms with Gasteiger partial charge < -0.3 is 30.9 Å². The number of allylic oxidation sites excluding steroid dienone is 1. The summed E-state index contributed by atoms with van der Waals surface area (Å²) in [4.78, 5) is 11.5. The number of aliphatic hydroxyl groups is 4. The van der Waals surface area contributed by atoms with Crippen LogP contribution in [0.25, 0.3) is 0 Å². The molecular weight excluding hydrogens is 242 g/mol. The Morgan fingerprint density at radius 1 is 1.44 bits per heavy atom. The van der Waals surface area contributed by atoms with Gasteiger partial charge in [-0.2, -0.15) is 0 Å². The Labute approximate surface area is 105 Å². The Morgan fingerprint density at radius 3 is 2.39 bits per heavy atom. The monoisotopic (exact) mass is 263 g/mol. The van der Waals surface area contributed by atoms with Crippen molar-refractivity contribution in [2.75, 3.05) is 13.2 Å². The Morgan fingerprint density at radius 2 is 2.00 bits per heavy atom. The Balaban J connectivity index is 4.98. The molecule has 0 bridgehead atoms. The van der Waals surface area contributed by atoms with Crippen molar-refractivity contribution in [3.63, 3.8) is 0 Å². The summed E-state index contributed by atoms with van der Waals surface area (Å²) in [5, 5.41) is 38.0. The Hall–Kier alpha value is -0.990. The molecule has 0 saturated carbocycles. The van der Waals surface area contributed by atoms with E-state index in [2.05, 4.69) is 4.74 Å². The molecule has 0 fully saturated rings. The van der Waals surface area contributed by atoms with Crippen LogP contribution in [0.4, 0.5) is 0 Å². The fourth-order valence-corrected chi connectivity index (χ4v) is 1.35. The molecule has 0 saturated heterocycles. The van der Waals surface area contributed by atoms with E-state index in [-0.39, 0.29) is 6.61 Å². The van der Waals surface area contributed by atoms with Gasteiger partial charge in [0, 0.05) is 0 Å². The number of aliphatic hydroxyl groups excluding tert-OH is 4. The Bertz CT molecular complexity index is 295. The standard InChI is InChI=1S/C11H21NO6/c1-3-5-7(14)8(15)9(16)11(12,6-13)10(17)18-4-2/h3,5,7-9,13-16H,4,6,12H2,1-2H3/b5-3+. The topological polar surface area (TPSA) is 133 Å². The molecule has 7 nitrogen and oxygen atoms in total. The quantitative estimate of drug-likeness (QED) is 0.262. The van der Waals surface area contributed by atoms with Gasteiger partial charge in [0.05, 0.1) is 13.2 Å². The molecule has 0 aromatic rings. The normalized spacial score (nSPS) is 20.2. The van der Waals surface area contributed by atoms with E-state index in [1.165, 1.54) is 19.1 Å². The van der Waals surface area contributed by atoms with Gasteiger partial charge in [0.2, 0.25) is 0 Å². The number of rotatable bonds is 7. The highest BCUT2D eigenvalue weighted by Gasteiger charge is 2.47. The summed E-state index contributed by atoms with van der Waals surface area (Å²) < 4.78 is 4.61. The lowest BCUT2D eigenvalue weighted by Crippen LogP contribution is -2.65. The molecule has 0 rings (SSSR count). The molecule has 0 heterocycles. The summed E-state index contributed by atoms with van der Waals surface area (Å²) >= 11 is 0. The highest BCUT2D eigenvalue weighted by atomic mass is 16.5. The predicted molar refractivity (Wildman–Crippen MR) is 63.5 cm³/mol. The van der Waals surface area contributed by atoms with E-state index in [1.807, 2.05) is 0 Å². The molecule has 0 aliphatic heterocycles. The zero-order valence-corrected chi connectivity index (χ0v) is 10.5. The molecule has 18 heavy (non-hydrogen) atoms. The lowest BCUT2D eigenvalue weighted by atomic mass is 9.88. The number of ether oxygens (including phenoxy) is 1. The molecular formula is C11H21NO6. The molecule has 0 aromatic heterocycles. The van der Waals surface area contributed by atoms with Crippen LogP contribution >= 0.6 is 0 Å². The van der Waals surface area contributed by atoms with Crippen LogP contribution in [0.15, 0.2) is 12.2 Å². The zero-order chi connectivity index (χ0) is 14.3. The average Bonchev–Trinajstić information content (AvgIpc) is 2.36. The summed E-state index contributed by atoms with van der Waals surface area (Å²) in [6.45, 7) is 2.23. The SMILES string of the molecule is C/C=C/C(O)C(O)C(O)C(N)(CO)C(=O)OCC. The maximum Gasteiger partial charge on any atom is 0.331 e. The van der Waals surface area contributed by atoms with Gasteiger partial charge in [0.1, 0.15) is 18.3 Å². The predicted octanol–water partition coefficient (Wildman–Crippen LogP) is -2.10. The maximum atomic E-state index is 11.5. The second-order valence-corrected chi connectivity index (χ2v) is 3.87. The van der Waals surface area contributed by atoms with Crippen LogP contribution in [-0.4, -0.2) is 63.5 Å². The minimum atomic E-state index is -2.18. The van der Waals surface area contributed by atoms with Gasteiger partial charge in [-0.05, 0) is 13.8 Å². The van der Waals surface area contributed by atoms with Crippen molar-refractivity contribution in [1.29, 1.82) is 0 Å². The summed E-state index contributed by atoms with van der Waals surface area (Å²) in [5.74, 6) is -1.05. The molecule has 0 amide bonds. The van der Waals surface area contributed by atoms with Crippen LogP contribution in [0, 0.1) is 0 Å². The molecule has 0 aliphatic rings. The number of esters is 1. The van der Waals surface area contributed by atoms with Gasteiger partial charge in [-0.25, -0.2) is 4.79 Å². The molecule has 4 unspecified atom stereocenters. The van der Waals surface area contributed by atoms with E-state index in [1.54, 1.807) is 6.92 Å². The first kappa shape index (κ1) is 17.0. The lowest BCUT2D eigenvalue weighted by molar-refractivity contribution is -0.164. The van der Waals surface area contributed by atoms with E-state index in [0.717, 1.165) is 0 Å². The lowest BCUT2D eigenvalue weighted by Gasteiger charge is -2.33. The van der Waals surface area contributed by atoms with E-state index in [0.29, 0.717) is 0 Å². The summed E-state index contributed by atoms with van der Waals surface area (Å²) in [5.41, 5.74) is 3.35. The third-order valence-electron chi connectivity index (χ3n) is 2.51. The first-order valence-electron chi connectivity index (χ1n) is 5.59. The van der Waals surface area contributed by atoms with Crippen molar-refractivity contribution >= 4 is 5.97 Å². The van der Waals surface area contributed by atoms with E-state index >= 15 is 0 Å². The first-order chi connectivity index (χ1) is 8.34. The minimum Gasteiger partial charge on any atom is -0.464 e. The molecule has 0 aliphatic carbocycles. The van der Waals surface area contributed by atoms with Crippen molar-refractivity contribution in [2.45, 2.75) is 37.7 Å². The summed E-state index contributed by atoms with van der Waals surface area (Å²) in [7, 11) is 0. The van der Waals surface area contributed by atoms with Crippen LogP contribution in [-0.2, 0) is 9.53 Å². The molecule has 4 atom stereocenters. The van der Waals surface area contributed by atoms with Crippen molar-refractivity contribution in [1.82, 2.24) is 0 Å². The zero-order valence-electron chi connectivity index (χ0n) is 10.5. The number of carbonyl (C=O) groups excluding carboxylic acids is 1. The number of nitrogens with two attached hydrogens (primary N) is 1. The number of hydrogen-bond acceptors (Lipinski definition) is 7. The third kappa shape index (κ3) is 3.76. The van der Waals surface area contributed by atoms with Crippen LogP contribution in [0.5, 0.6) is 0 Å². The van der Waals surface area contributed by atoms with E-state index in [4.69, 9.17) is 10.8 Å². The molecule has 106 valence electrons. The summed E-state index contributed by atoms with van der Waals surface area (Å²) in [6.07, 6.45) is -2.32. The number of hydrogen-bond donors (Lipinski definition) is 5. The van der Waals surface area contributed by atoms with Gasteiger partial charge in [-0.3, -0.25) is 0 Å². The van der Waals surface area contributed by atoms with Gasteiger partial charge in [0.25, 0.3) is 0 Å². The minimum absolute atomic E-state index is 0.0119. The highest BCUT2D eigenvalue weighted by Crippen LogP contribution is 2.16. The van der Waals surface area contributed by atoms with E-state index < -0.39 is 36.4 Å². The average molecular weight is 263 g/mol. The number of carbonyl (C=O) groups is 1. The van der Waals surface area contributed by atoms with Gasteiger partial charge in [0.15, 0.2) is 5.54 Å². The first-order valence-corrected chi connectivity index (χ1v) is 5.59. The second-order valence-electron chi connectivity index (χ2n) is 3.87. The van der Waals surface area contributed by atoms with Crippen LogP contribution in [0.2, 0.25) is 0 Å². The maximum absolute atomic E-state index is 11.5. The van der Waals surface area contributed by atoms with Gasteiger partial charge >= 0.3 is 5.97 Å².